The monoisotopic (exact) mass is 505 g/mol. The van der Waals surface area contributed by atoms with E-state index in [1.165, 1.54) is 0 Å². The van der Waals surface area contributed by atoms with E-state index in [1.807, 2.05) is 43.3 Å². The molecule has 4 rings (SSSR count). The number of benzene rings is 3. The molecule has 3 N–H and O–H groups in total. The summed E-state index contributed by atoms with van der Waals surface area (Å²) in [6.07, 6.45) is 1.27. The molecule has 7 heteroatoms. The zero-order valence-electron chi connectivity index (χ0n) is 20.9. The molecule has 0 saturated carbocycles. The second kappa shape index (κ2) is 11.4. The fourth-order valence-electron chi connectivity index (χ4n) is 5.04. The van der Waals surface area contributed by atoms with Crippen molar-refractivity contribution in [1.29, 1.82) is 0 Å². The van der Waals surface area contributed by atoms with Gasteiger partial charge in [-0.05, 0) is 43.0 Å². The number of hydrogen-bond acceptors (Lipinski definition) is 4. The summed E-state index contributed by atoms with van der Waals surface area (Å²) in [6.45, 7) is 5.53. The van der Waals surface area contributed by atoms with Gasteiger partial charge in [-0.15, -0.1) is 0 Å². The zero-order chi connectivity index (χ0) is 25.6. The molecule has 0 aliphatic carbocycles. The molecule has 6 nitrogen and oxygen atoms in total. The van der Waals surface area contributed by atoms with E-state index < -0.39 is 10.0 Å². The minimum Gasteiger partial charge on any atom is -0.355 e. The molecule has 3 aromatic rings. The maximum absolute atomic E-state index is 13.3. The number of aryl methyl sites for hydroxylation is 1. The number of carbonyl (C=O) groups excluding carboxylic acids is 1. The first kappa shape index (κ1) is 26.1. The normalized spacial score (nSPS) is 18.5. The quantitative estimate of drug-likeness (QED) is 0.413. The summed E-state index contributed by atoms with van der Waals surface area (Å²) >= 11 is 0. The lowest BCUT2D eigenvalue weighted by atomic mass is 9.72. The lowest BCUT2D eigenvalue weighted by Crippen LogP contribution is -2.53. The van der Waals surface area contributed by atoms with Crippen molar-refractivity contribution >= 4 is 15.9 Å². The molecular formula is C29H35N3O3S. The van der Waals surface area contributed by atoms with Crippen molar-refractivity contribution in [2.75, 3.05) is 19.6 Å². The third kappa shape index (κ3) is 5.86. The molecule has 1 heterocycles. The molecule has 1 aliphatic rings. The van der Waals surface area contributed by atoms with Gasteiger partial charge in [-0.2, -0.15) is 0 Å². The lowest BCUT2D eigenvalue weighted by molar-refractivity contribution is -0.125. The van der Waals surface area contributed by atoms with Crippen LogP contribution in [0.4, 0.5) is 0 Å². The van der Waals surface area contributed by atoms with Crippen LogP contribution in [0, 0.1) is 12.8 Å². The molecule has 0 spiro atoms. The van der Waals surface area contributed by atoms with Crippen molar-refractivity contribution in [3.8, 4) is 0 Å². The Hall–Kier alpha value is -3.00. The van der Waals surface area contributed by atoms with Crippen LogP contribution in [0.3, 0.4) is 0 Å². The van der Waals surface area contributed by atoms with E-state index in [0.29, 0.717) is 26.1 Å². The maximum atomic E-state index is 13.3. The van der Waals surface area contributed by atoms with Gasteiger partial charge < -0.3 is 10.6 Å². The number of nitrogens with one attached hydrogen (secondary N) is 3. The third-order valence-corrected chi connectivity index (χ3v) is 8.73. The maximum Gasteiger partial charge on any atom is 0.240 e. The highest BCUT2D eigenvalue weighted by Gasteiger charge is 2.35. The van der Waals surface area contributed by atoms with Crippen LogP contribution in [-0.4, -0.2) is 40.0 Å². The summed E-state index contributed by atoms with van der Waals surface area (Å²) in [4.78, 5) is 13.5. The summed E-state index contributed by atoms with van der Waals surface area (Å²) in [6, 6.07) is 27.0. The van der Waals surface area contributed by atoms with Gasteiger partial charge in [0.25, 0.3) is 0 Å². The number of sulfonamides is 1. The molecule has 2 atom stereocenters. The third-order valence-electron chi connectivity index (χ3n) is 7.20. The van der Waals surface area contributed by atoms with E-state index in [0.717, 1.165) is 23.1 Å². The van der Waals surface area contributed by atoms with Crippen LogP contribution in [0.1, 0.15) is 36.5 Å². The molecule has 36 heavy (non-hydrogen) atoms. The molecule has 0 bridgehead atoms. The van der Waals surface area contributed by atoms with Gasteiger partial charge in [0.2, 0.25) is 15.9 Å². The van der Waals surface area contributed by atoms with Gasteiger partial charge in [0, 0.05) is 31.1 Å². The summed E-state index contributed by atoms with van der Waals surface area (Å²) in [5.74, 6) is -0.392. The number of hydrogen-bond donors (Lipinski definition) is 3. The van der Waals surface area contributed by atoms with Crippen LogP contribution in [-0.2, 0) is 20.2 Å². The first-order chi connectivity index (χ1) is 17.3. The molecule has 1 fully saturated rings. The average Bonchev–Trinajstić information content (AvgIpc) is 2.90. The SMILES string of the molecule is CCC(CNC(=O)[C@@H]1CNC[C@@H](NS(=O)(=O)c2ccc(C)cc2)C1)(c1ccccc1)c1ccccc1. The van der Waals surface area contributed by atoms with E-state index >= 15 is 0 Å². The molecule has 0 aromatic heterocycles. The Morgan fingerprint density at radius 2 is 1.50 bits per heavy atom. The molecule has 1 saturated heterocycles. The molecule has 190 valence electrons. The molecule has 0 radical (unpaired) electrons. The van der Waals surface area contributed by atoms with Crippen LogP contribution >= 0.6 is 0 Å². The molecular weight excluding hydrogens is 470 g/mol. The van der Waals surface area contributed by atoms with E-state index in [2.05, 4.69) is 46.5 Å². The minimum atomic E-state index is -3.66. The predicted molar refractivity (Wildman–Crippen MR) is 143 cm³/mol. The Morgan fingerprint density at radius 1 is 0.917 bits per heavy atom. The summed E-state index contributed by atoms with van der Waals surface area (Å²) < 4.78 is 28.5. The van der Waals surface area contributed by atoms with Crippen LogP contribution in [0.25, 0.3) is 0 Å². The Balaban J connectivity index is 1.46. The van der Waals surface area contributed by atoms with Gasteiger partial charge in [0.1, 0.15) is 0 Å². The van der Waals surface area contributed by atoms with Crippen molar-refractivity contribution in [2.45, 2.75) is 43.0 Å². The van der Waals surface area contributed by atoms with Gasteiger partial charge in [-0.25, -0.2) is 13.1 Å². The number of piperidine rings is 1. The van der Waals surface area contributed by atoms with E-state index in [-0.39, 0.29) is 28.2 Å². The second-order valence-corrected chi connectivity index (χ2v) is 11.3. The molecule has 3 aromatic carbocycles. The van der Waals surface area contributed by atoms with Crippen molar-refractivity contribution in [2.24, 2.45) is 5.92 Å². The Kier molecular flexibility index (Phi) is 8.24. The first-order valence-corrected chi connectivity index (χ1v) is 14.0. The van der Waals surface area contributed by atoms with Crippen LogP contribution in [0.2, 0.25) is 0 Å². The molecule has 1 amide bonds. The number of amides is 1. The van der Waals surface area contributed by atoms with Gasteiger partial charge in [-0.3, -0.25) is 4.79 Å². The van der Waals surface area contributed by atoms with Gasteiger partial charge >= 0.3 is 0 Å². The largest absolute Gasteiger partial charge is 0.355 e. The summed E-state index contributed by atoms with van der Waals surface area (Å²) in [5, 5.41) is 6.44. The lowest BCUT2D eigenvalue weighted by Gasteiger charge is -2.36. The first-order valence-electron chi connectivity index (χ1n) is 12.5. The highest BCUT2D eigenvalue weighted by molar-refractivity contribution is 7.89. The summed E-state index contributed by atoms with van der Waals surface area (Å²) in [7, 11) is -3.66. The van der Waals surface area contributed by atoms with Gasteiger partial charge in [0.05, 0.1) is 10.8 Å². The van der Waals surface area contributed by atoms with Crippen molar-refractivity contribution in [3.63, 3.8) is 0 Å². The molecule has 0 unspecified atom stereocenters. The average molecular weight is 506 g/mol. The van der Waals surface area contributed by atoms with Crippen LogP contribution in [0.5, 0.6) is 0 Å². The standard InChI is InChI=1S/C29H35N3O3S/c1-3-29(24-10-6-4-7-11-24,25-12-8-5-9-13-25)21-31-28(33)23-18-26(20-30-19-23)32-36(34,35)27-16-14-22(2)15-17-27/h4-17,23,26,30,32H,3,18-21H2,1-2H3,(H,31,33)/t23-,26-/m0/s1. The fraction of sp³-hybridized carbons (Fsp3) is 0.345. The number of rotatable bonds is 9. The van der Waals surface area contributed by atoms with Crippen molar-refractivity contribution in [1.82, 2.24) is 15.4 Å². The highest BCUT2D eigenvalue weighted by Crippen LogP contribution is 2.35. The van der Waals surface area contributed by atoms with E-state index in [9.17, 15) is 13.2 Å². The number of carbonyl (C=O) groups is 1. The Labute approximate surface area is 214 Å². The van der Waals surface area contributed by atoms with Crippen molar-refractivity contribution < 1.29 is 13.2 Å². The Bertz CT molecular complexity index is 1210. The predicted octanol–water partition coefficient (Wildman–Crippen LogP) is 3.76. The van der Waals surface area contributed by atoms with Gasteiger partial charge in [0.15, 0.2) is 0 Å². The van der Waals surface area contributed by atoms with E-state index in [4.69, 9.17) is 0 Å². The smallest absolute Gasteiger partial charge is 0.240 e. The van der Waals surface area contributed by atoms with Crippen LogP contribution in [0.15, 0.2) is 89.8 Å². The zero-order valence-corrected chi connectivity index (χ0v) is 21.7. The minimum absolute atomic E-state index is 0.0635. The summed E-state index contributed by atoms with van der Waals surface area (Å²) in [5.41, 5.74) is 2.96. The Morgan fingerprint density at radius 3 is 2.06 bits per heavy atom. The van der Waals surface area contributed by atoms with Gasteiger partial charge in [-0.1, -0.05) is 85.3 Å². The second-order valence-electron chi connectivity index (χ2n) is 9.61. The fourth-order valence-corrected chi connectivity index (χ4v) is 6.29. The topological polar surface area (TPSA) is 87.3 Å². The van der Waals surface area contributed by atoms with Crippen LogP contribution < -0.4 is 15.4 Å². The van der Waals surface area contributed by atoms with Crippen molar-refractivity contribution in [3.05, 3.63) is 102 Å². The highest BCUT2D eigenvalue weighted by atomic mass is 32.2. The van der Waals surface area contributed by atoms with E-state index in [1.54, 1.807) is 24.3 Å². The molecule has 1 aliphatic heterocycles.